The summed E-state index contributed by atoms with van der Waals surface area (Å²) < 4.78 is 0. The normalized spacial score (nSPS) is 20.9. The molecule has 1 fully saturated rings. The van der Waals surface area contributed by atoms with Crippen molar-refractivity contribution in [2.24, 2.45) is 0 Å². The van der Waals surface area contributed by atoms with E-state index in [4.69, 9.17) is 18.5 Å². The largest absolute Gasteiger partial charge is 0.812 e. The van der Waals surface area contributed by atoms with Crippen molar-refractivity contribution in [1.29, 1.82) is 5.26 Å². The Hall–Kier alpha value is -1.72. The lowest BCUT2D eigenvalue weighted by Crippen LogP contribution is -2.34. The lowest BCUT2D eigenvalue weighted by molar-refractivity contribution is -0.117. The van der Waals surface area contributed by atoms with Gasteiger partial charge in [-0.1, -0.05) is 11.5 Å². The summed E-state index contributed by atoms with van der Waals surface area (Å²) in [6.45, 7) is 3.40. The van der Waals surface area contributed by atoms with Crippen molar-refractivity contribution in [3.8, 4) is 6.07 Å². The van der Waals surface area contributed by atoms with Crippen molar-refractivity contribution in [1.82, 2.24) is 0 Å². The number of hydrogen-bond donors (Lipinski definition) is 0. The Morgan fingerprint density at radius 2 is 2.42 bits per heavy atom. The van der Waals surface area contributed by atoms with Gasteiger partial charge in [0.2, 0.25) is 0 Å². The minimum absolute atomic E-state index is 0.118. The molecule has 0 spiro atoms. The number of hydrogen-bond acceptors (Lipinski definition) is 2. The Kier molecular flexibility index (Phi) is 1.91. The molecule has 1 aliphatic rings. The van der Waals surface area contributed by atoms with Gasteiger partial charge in [-0.3, -0.25) is 0 Å². The summed E-state index contributed by atoms with van der Waals surface area (Å²) in [5.41, 5.74) is 0.0627. The number of ketones is 1. The van der Waals surface area contributed by atoms with Gasteiger partial charge in [-0.15, -0.1) is 0 Å². The SMILES string of the molecule is [B]C1C(=O)C(=C)[C-]1C(=C=[N-])C#N. The van der Waals surface area contributed by atoms with Crippen LogP contribution in [0.3, 0.4) is 0 Å². The minimum Gasteiger partial charge on any atom is -0.812 e. The van der Waals surface area contributed by atoms with Crippen LogP contribution >= 0.6 is 0 Å². The molecule has 1 atom stereocenters. The standard InChI is InChI=1S/C8H3BN2O/c1-4-6(5(2-10)3-11)7(9)8(4)12/h7H,1H2/q-2. The number of rotatable bonds is 1. The van der Waals surface area contributed by atoms with E-state index in [2.05, 4.69) is 6.58 Å². The molecular weight excluding hydrogens is 151 g/mol. The number of carbonyl (C=O) groups is 1. The van der Waals surface area contributed by atoms with Crippen molar-refractivity contribution in [3.63, 3.8) is 0 Å². The maximum absolute atomic E-state index is 10.8. The fraction of sp³-hybridized carbons (Fsp3) is 0.125. The monoisotopic (exact) mass is 154 g/mol. The molecule has 0 aromatic carbocycles. The van der Waals surface area contributed by atoms with Crippen molar-refractivity contribution < 1.29 is 4.79 Å². The van der Waals surface area contributed by atoms with Crippen LogP contribution in [0.5, 0.6) is 0 Å². The molecule has 0 aliphatic heterocycles. The van der Waals surface area contributed by atoms with Crippen molar-refractivity contribution in [3.05, 3.63) is 29.1 Å². The second-order valence-corrected chi connectivity index (χ2v) is 2.33. The van der Waals surface area contributed by atoms with Crippen LogP contribution in [-0.4, -0.2) is 19.5 Å². The quantitative estimate of drug-likeness (QED) is 0.180. The van der Waals surface area contributed by atoms with E-state index in [-0.39, 0.29) is 22.8 Å². The van der Waals surface area contributed by atoms with Gasteiger partial charge in [0.05, 0.1) is 13.6 Å². The molecule has 0 amide bonds. The summed E-state index contributed by atoms with van der Waals surface area (Å²) in [5.74, 6) is 0.818. The van der Waals surface area contributed by atoms with Gasteiger partial charge in [0.15, 0.2) is 0 Å². The third-order valence-corrected chi connectivity index (χ3v) is 1.71. The van der Waals surface area contributed by atoms with E-state index in [1.165, 1.54) is 0 Å². The highest BCUT2D eigenvalue weighted by Crippen LogP contribution is 2.43. The molecule has 0 N–H and O–H groups in total. The zero-order valence-corrected chi connectivity index (χ0v) is 6.16. The third-order valence-electron chi connectivity index (χ3n) is 1.71. The third kappa shape index (κ3) is 0.885. The lowest BCUT2D eigenvalue weighted by atomic mass is 9.56. The summed E-state index contributed by atoms with van der Waals surface area (Å²) in [5, 5.41) is 16.9. The summed E-state index contributed by atoms with van der Waals surface area (Å²) in [4.78, 5) is 10.8. The Morgan fingerprint density at radius 1 is 1.83 bits per heavy atom. The first kappa shape index (κ1) is 8.38. The van der Waals surface area contributed by atoms with Crippen LogP contribution in [-0.2, 0) is 4.79 Å². The summed E-state index contributed by atoms with van der Waals surface area (Å²) in [6, 6.07) is 1.66. The Morgan fingerprint density at radius 3 is 2.75 bits per heavy atom. The fourth-order valence-electron chi connectivity index (χ4n) is 1.01. The molecule has 1 aliphatic carbocycles. The second-order valence-electron chi connectivity index (χ2n) is 2.33. The molecule has 2 radical (unpaired) electrons. The van der Waals surface area contributed by atoms with Gasteiger partial charge < -0.3 is 16.1 Å². The maximum atomic E-state index is 10.8. The van der Waals surface area contributed by atoms with Crippen LogP contribution in [0.25, 0.3) is 5.41 Å². The molecule has 1 unspecified atom stereocenters. The van der Waals surface area contributed by atoms with Crippen LogP contribution < -0.4 is 0 Å². The van der Waals surface area contributed by atoms with Crippen molar-refractivity contribution in [2.45, 2.75) is 5.82 Å². The van der Waals surface area contributed by atoms with Gasteiger partial charge in [0.1, 0.15) is 0 Å². The fourth-order valence-corrected chi connectivity index (χ4v) is 1.01. The first-order valence-corrected chi connectivity index (χ1v) is 3.17. The van der Waals surface area contributed by atoms with Crippen LogP contribution in [0, 0.1) is 17.2 Å². The molecule has 0 aromatic heterocycles. The number of carbonyl (C=O) groups excluding carboxylic acids is 1. The van der Waals surface area contributed by atoms with Crippen LogP contribution in [0.1, 0.15) is 0 Å². The average Bonchev–Trinajstić information content (AvgIpc) is 2.12. The number of nitrogens with zero attached hydrogens (tertiary/aromatic N) is 2. The van der Waals surface area contributed by atoms with Gasteiger partial charge in [0.25, 0.3) is 0 Å². The predicted molar refractivity (Wildman–Crippen MR) is 44.4 cm³/mol. The molecule has 12 heavy (non-hydrogen) atoms. The predicted octanol–water partition coefficient (Wildman–Crippen LogP) is 0.346. The van der Waals surface area contributed by atoms with Crippen molar-refractivity contribution >= 4 is 19.5 Å². The molecule has 0 heterocycles. The van der Waals surface area contributed by atoms with Crippen LogP contribution in [0.15, 0.2) is 17.7 Å². The maximum Gasteiger partial charge on any atom is 0.0877 e. The average molecular weight is 154 g/mol. The highest BCUT2D eigenvalue weighted by atomic mass is 16.1. The molecule has 1 rings (SSSR count). The smallest absolute Gasteiger partial charge is 0.0877 e. The summed E-state index contributed by atoms with van der Waals surface area (Å²) in [6.07, 6.45) is 0. The zero-order chi connectivity index (χ0) is 9.30. The Labute approximate surface area is 71.3 Å². The van der Waals surface area contributed by atoms with Gasteiger partial charge in [0, 0.05) is 6.07 Å². The molecule has 56 valence electrons. The Bertz CT molecular complexity index is 347. The van der Waals surface area contributed by atoms with E-state index in [0.717, 1.165) is 0 Å². The van der Waals surface area contributed by atoms with Crippen LogP contribution in [0.4, 0.5) is 0 Å². The van der Waals surface area contributed by atoms with E-state index < -0.39 is 5.82 Å². The summed E-state index contributed by atoms with van der Waals surface area (Å²) in [7, 11) is 5.34. The molecule has 0 aromatic rings. The van der Waals surface area contributed by atoms with Gasteiger partial charge in [-0.05, 0) is 11.4 Å². The molecule has 3 nitrogen and oxygen atoms in total. The molecular formula is C8H3BN2O-2. The topological polar surface area (TPSA) is 63.2 Å². The van der Waals surface area contributed by atoms with E-state index in [1.807, 2.05) is 0 Å². The van der Waals surface area contributed by atoms with Gasteiger partial charge in [-0.25, -0.2) is 5.26 Å². The second kappa shape index (κ2) is 2.73. The van der Waals surface area contributed by atoms with E-state index in [0.29, 0.717) is 0 Å². The molecule has 4 heteroatoms. The number of Topliss-reactive ketones (excluding diaryl/α,β-unsaturated/α-hetero) is 1. The highest BCUT2D eigenvalue weighted by molar-refractivity contribution is 6.37. The highest BCUT2D eigenvalue weighted by Gasteiger charge is 2.33. The van der Waals surface area contributed by atoms with Gasteiger partial charge in [-0.2, -0.15) is 6.58 Å². The molecule has 0 bridgehead atoms. The molecule has 0 saturated heterocycles. The summed E-state index contributed by atoms with van der Waals surface area (Å²) >= 11 is 0. The van der Waals surface area contributed by atoms with Crippen molar-refractivity contribution in [2.75, 3.05) is 0 Å². The first-order chi connectivity index (χ1) is 5.63. The zero-order valence-electron chi connectivity index (χ0n) is 6.16. The van der Waals surface area contributed by atoms with E-state index in [9.17, 15) is 4.79 Å². The first-order valence-electron chi connectivity index (χ1n) is 3.17. The minimum atomic E-state index is -0.827. The number of allylic oxidation sites excluding steroid dienone is 2. The van der Waals surface area contributed by atoms with Crippen LogP contribution in [0.2, 0.25) is 5.82 Å². The molecule has 1 saturated carbocycles. The van der Waals surface area contributed by atoms with E-state index >= 15 is 0 Å². The van der Waals surface area contributed by atoms with E-state index in [1.54, 1.807) is 11.9 Å². The Balaban J connectivity index is 2.95. The van der Waals surface area contributed by atoms with Gasteiger partial charge >= 0.3 is 0 Å². The lowest BCUT2D eigenvalue weighted by Gasteiger charge is -2.42. The number of nitriles is 1.